The van der Waals surface area contributed by atoms with Gasteiger partial charge in [0.15, 0.2) is 6.04 Å². The largest absolute Gasteiger partial charge is 0.446 e. The van der Waals surface area contributed by atoms with Gasteiger partial charge in [0.1, 0.15) is 12.4 Å². The van der Waals surface area contributed by atoms with Gasteiger partial charge < -0.3 is 9.64 Å². The Bertz CT molecular complexity index is 985. The van der Waals surface area contributed by atoms with Crippen molar-refractivity contribution in [2.24, 2.45) is 0 Å². The standard InChI is InChI=1S/C18H14Cl2F3N3O3/c1-9-5-10(18(21,22)23)6-15(24-9)26-14(8-29-17(26)28)16(27)25(2)11-3-4-12(19)13(20)7-11/h3-7,14H,8H2,1-2H3. The van der Waals surface area contributed by atoms with Crippen LogP contribution in [0, 0.1) is 6.92 Å². The number of carbonyl (C=O) groups is 2. The van der Waals surface area contributed by atoms with Gasteiger partial charge in [-0.25, -0.2) is 14.7 Å². The van der Waals surface area contributed by atoms with E-state index in [9.17, 15) is 22.8 Å². The normalized spacial score (nSPS) is 16.7. The van der Waals surface area contributed by atoms with Gasteiger partial charge in [0.05, 0.1) is 15.6 Å². The third-order valence-corrected chi connectivity index (χ3v) is 5.03. The number of aryl methyl sites for hydroxylation is 1. The summed E-state index contributed by atoms with van der Waals surface area (Å²) in [6.45, 7) is 1.03. The molecule has 154 valence electrons. The highest BCUT2D eigenvalue weighted by molar-refractivity contribution is 6.42. The van der Waals surface area contributed by atoms with Crippen LogP contribution in [0.25, 0.3) is 0 Å². The molecule has 0 spiro atoms. The van der Waals surface area contributed by atoms with Crippen molar-refractivity contribution in [1.82, 2.24) is 4.98 Å². The number of ether oxygens (including phenoxy) is 1. The van der Waals surface area contributed by atoms with E-state index in [4.69, 9.17) is 27.9 Å². The number of amides is 2. The fourth-order valence-electron chi connectivity index (χ4n) is 2.84. The van der Waals surface area contributed by atoms with Crippen molar-refractivity contribution >= 4 is 46.7 Å². The van der Waals surface area contributed by atoms with Crippen LogP contribution in [0.2, 0.25) is 10.0 Å². The van der Waals surface area contributed by atoms with Gasteiger partial charge in [0, 0.05) is 18.4 Å². The van der Waals surface area contributed by atoms with E-state index < -0.39 is 29.8 Å². The Labute approximate surface area is 173 Å². The molecule has 1 aromatic heterocycles. The number of carbonyl (C=O) groups excluding carboxylic acids is 2. The van der Waals surface area contributed by atoms with Crippen LogP contribution < -0.4 is 9.80 Å². The van der Waals surface area contributed by atoms with Crippen LogP contribution in [-0.4, -0.2) is 36.7 Å². The van der Waals surface area contributed by atoms with E-state index in [0.29, 0.717) is 16.8 Å². The maximum absolute atomic E-state index is 13.1. The zero-order chi connectivity index (χ0) is 21.5. The maximum atomic E-state index is 13.1. The second-order valence-corrected chi connectivity index (χ2v) is 7.13. The van der Waals surface area contributed by atoms with Gasteiger partial charge in [-0.2, -0.15) is 13.2 Å². The molecule has 1 fully saturated rings. The number of rotatable bonds is 3. The average Bonchev–Trinajstić information content (AvgIpc) is 3.03. The van der Waals surface area contributed by atoms with Crippen molar-refractivity contribution in [1.29, 1.82) is 0 Å². The Hall–Kier alpha value is -2.52. The van der Waals surface area contributed by atoms with Gasteiger partial charge in [0.2, 0.25) is 0 Å². The minimum atomic E-state index is -4.64. The molecule has 0 saturated carbocycles. The lowest BCUT2D eigenvalue weighted by molar-refractivity contribution is -0.137. The lowest BCUT2D eigenvalue weighted by Crippen LogP contribution is -2.47. The molecular formula is C18H14Cl2F3N3O3. The van der Waals surface area contributed by atoms with Gasteiger partial charge in [0.25, 0.3) is 5.91 Å². The Kier molecular flexibility index (Phi) is 5.64. The molecule has 1 aliphatic rings. The molecule has 0 radical (unpaired) electrons. The van der Waals surface area contributed by atoms with E-state index in [1.807, 2.05) is 0 Å². The Balaban J connectivity index is 1.95. The first-order chi connectivity index (χ1) is 13.5. The van der Waals surface area contributed by atoms with Crippen molar-refractivity contribution in [2.45, 2.75) is 19.1 Å². The summed E-state index contributed by atoms with van der Waals surface area (Å²) >= 11 is 11.8. The van der Waals surface area contributed by atoms with Crippen molar-refractivity contribution < 1.29 is 27.5 Å². The highest BCUT2D eigenvalue weighted by Gasteiger charge is 2.43. The van der Waals surface area contributed by atoms with Crippen molar-refractivity contribution in [3.05, 3.63) is 51.6 Å². The maximum Gasteiger partial charge on any atom is 0.416 e. The molecule has 1 unspecified atom stereocenters. The number of hydrogen-bond acceptors (Lipinski definition) is 4. The van der Waals surface area contributed by atoms with Crippen molar-refractivity contribution in [3.8, 4) is 0 Å². The van der Waals surface area contributed by atoms with Gasteiger partial charge in [-0.05, 0) is 37.3 Å². The Morgan fingerprint density at radius 2 is 1.93 bits per heavy atom. The number of cyclic esters (lactones) is 1. The summed E-state index contributed by atoms with van der Waals surface area (Å²) in [6, 6.07) is 4.85. The molecular weight excluding hydrogens is 434 g/mol. The predicted molar refractivity (Wildman–Crippen MR) is 101 cm³/mol. The lowest BCUT2D eigenvalue weighted by Gasteiger charge is -2.26. The quantitative estimate of drug-likeness (QED) is 0.683. The summed E-state index contributed by atoms with van der Waals surface area (Å²) in [5.41, 5.74) is -0.556. The van der Waals surface area contributed by atoms with E-state index in [-0.39, 0.29) is 23.1 Å². The first-order valence-corrected chi connectivity index (χ1v) is 8.99. The topological polar surface area (TPSA) is 62.7 Å². The number of likely N-dealkylation sites (N-methyl/N-ethyl adjacent to an activating group) is 1. The first-order valence-electron chi connectivity index (χ1n) is 8.23. The summed E-state index contributed by atoms with van der Waals surface area (Å²) in [6.07, 6.45) is -5.60. The zero-order valence-corrected chi connectivity index (χ0v) is 16.6. The second-order valence-electron chi connectivity index (χ2n) is 6.31. The van der Waals surface area contributed by atoms with E-state index in [0.717, 1.165) is 11.0 Å². The number of pyridine rings is 1. The molecule has 2 aromatic rings. The SMILES string of the molecule is Cc1cc(C(F)(F)F)cc(N2C(=O)OCC2C(=O)N(C)c2ccc(Cl)c(Cl)c2)n1. The zero-order valence-electron chi connectivity index (χ0n) is 15.1. The van der Waals surface area contributed by atoms with Crippen LogP contribution in [0.15, 0.2) is 30.3 Å². The Morgan fingerprint density at radius 3 is 2.55 bits per heavy atom. The monoisotopic (exact) mass is 447 g/mol. The van der Waals surface area contributed by atoms with E-state index >= 15 is 0 Å². The number of alkyl halides is 3. The van der Waals surface area contributed by atoms with Crippen LogP contribution >= 0.6 is 23.2 Å². The number of anilines is 2. The number of halogens is 5. The van der Waals surface area contributed by atoms with Crippen molar-refractivity contribution in [2.75, 3.05) is 23.5 Å². The minimum absolute atomic E-state index is 0.0403. The summed E-state index contributed by atoms with van der Waals surface area (Å²) in [4.78, 5) is 31.2. The minimum Gasteiger partial charge on any atom is -0.446 e. The lowest BCUT2D eigenvalue weighted by atomic mass is 10.2. The third-order valence-electron chi connectivity index (χ3n) is 4.29. The molecule has 3 rings (SSSR count). The fraction of sp³-hybridized carbons (Fsp3) is 0.278. The van der Waals surface area contributed by atoms with Crippen LogP contribution in [0.4, 0.5) is 29.5 Å². The Morgan fingerprint density at radius 1 is 1.24 bits per heavy atom. The van der Waals surface area contributed by atoms with E-state index in [2.05, 4.69) is 4.98 Å². The number of aromatic nitrogens is 1. The van der Waals surface area contributed by atoms with Gasteiger partial charge in [-0.1, -0.05) is 23.2 Å². The van der Waals surface area contributed by atoms with Crippen LogP contribution in [0.3, 0.4) is 0 Å². The molecule has 2 amide bonds. The highest BCUT2D eigenvalue weighted by atomic mass is 35.5. The van der Waals surface area contributed by atoms with Crippen molar-refractivity contribution in [3.63, 3.8) is 0 Å². The number of benzene rings is 1. The average molecular weight is 448 g/mol. The van der Waals surface area contributed by atoms with Gasteiger partial charge in [-0.15, -0.1) is 0 Å². The number of nitrogens with zero attached hydrogens (tertiary/aromatic N) is 3. The molecule has 29 heavy (non-hydrogen) atoms. The molecule has 1 aromatic carbocycles. The second kappa shape index (κ2) is 7.72. The summed E-state index contributed by atoms with van der Waals surface area (Å²) in [7, 11) is 1.44. The van der Waals surface area contributed by atoms with Crippen LogP contribution in [0.1, 0.15) is 11.3 Å². The third kappa shape index (κ3) is 4.25. The summed E-state index contributed by atoms with van der Waals surface area (Å²) in [5.74, 6) is -0.910. The summed E-state index contributed by atoms with van der Waals surface area (Å²) in [5, 5.41) is 0.510. The summed E-state index contributed by atoms with van der Waals surface area (Å²) < 4.78 is 44.4. The predicted octanol–water partition coefficient (Wildman–Crippen LogP) is 4.70. The number of hydrogen-bond donors (Lipinski definition) is 0. The molecule has 1 atom stereocenters. The molecule has 2 heterocycles. The van der Waals surface area contributed by atoms with E-state index in [1.165, 1.54) is 31.0 Å². The first kappa shape index (κ1) is 21.2. The van der Waals surface area contributed by atoms with Crippen LogP contribution in [0.5, 0.6) is 0 Å². The highest BCUT2D eigenvalue weighted by Crippen LogP contribution is 2.34. The molecule has 0 aliphatic carbocycles. The fourth-order valence-corrected chi connectivity index (χ4v) is 3.13. The smallest absolute Gasteiger partial charge is 0.416 e. The van der Waals surface area contributed by atoms with E-state index in [1.54, 1.807) is 6.07 Å². The molecule has 0 bridgehead atoms. The molecule has 11 heteroatoms. The van der Waals surface area contributed by atoms with Gasteiger partial charge >= 0.3 is 12.3 Å². The van der Waals surface area contributed by atoms with Crippen LogP contribution in [-0.2, 0) is 15.7 Å². The van der Waals surface area contributed by atoms with Gasteiger partial charge in [-0.3, -0.25) is 4.79 Å². The molecule has 1 aliphatic heterocycles. The molecule has 0 N–H and O–H groups in total. The molecule has 6 nitrogen and oxygen atoms in total. The molecule has 1 saturated heterocycles.